The van der Waals surface area contributed by atoms with Gasteiger partial charge in [-0.25, -0.2) is 0 Å². The third-order valence-electron chi connectivity index (χ3n) is 3.60. The summed E-state index contributed by atoms with van der Waals surface area (Å²) >= 11 is 0. The van der Waals surface area contributed by atoms with Crippen LogP contribution >= 0.6 is 19.9 Å². The molecule has 1 aromatic rings. The molecular weight excluding hydrogens is 316 g/mol. The van der Waals surface area contributed by atoms with Crippen LogP contribution in [0.15, 0.2) is 29.2 Å². The van der Waals surface area contributed by atoms with E-state index in [1.807, 2.05) is 36.8 Å². The third kappa shape index (κ3) is 8.09. The topological polar surface area (TPSA) is 26.3 Å². The summed E-state index contributed by atoms with van der Waals surface area (Å²) in [6, 6.07) is 7.54. The zero-order chi connectivity index (χ0) is 16.4. The molecule has 0 saturated heterocycles. The highest BCUT2D eigenvalue weighted by Crippen LogP contribution is 2.53. The van der Waals surface area contributed by atoms with Crippen molar-refractivity contribution in [2.45, 2.75) is 63.2 Å². The Bertz CT molecular complexity index is 437. The minimum absolute atomic E-state index is 0.140. The van der Waals surface area contributed by atoms with Crippen LogP contribution in [0.4, 0.5) is 0 Å². The number of benzene rings is 1. The largest absolute Gasteiger partial charge is 0.427 e. The fraction of sp³-hybridized carbons (Fsp3) is 0.611. The maximum atomic E-state index is 11.8. The molecule has 1 rings (SSSR count). The minimum Gasteiger partial charge on any atom is -0.427 e. The quantitative estimate of drug-likeness (QED) is 0.282. The predicted octanol–water partition coefficient (Wildman–Crippen LogP) is 6.31. The molecule has 4 heteroatoms. The van der Waals surface area contributed by atoms with E-state index in [1.54, 1.807) is 0 Å². The number of unbranched alkanes of at least 4 members (excludes halogenated alkanes) is 6. The Kier molecular flexibility index (Phi) is 8.96. The number of carbonyl (C=O) groups excluding carboxylic acids is 1. The first-order chi connectivity index (χ1) is 10.4. The van der Waals surface area contributed by atoms with E-state index in [0.29, 0.717) is 12.2 Å². The van der Waals surface area contributed by atoms with Gasteiger partial charge in [0.25, 0.3) is 0 Å². The number of hydrogen-bond acceptors (Lipinski definition) is 2. The summed E-state index contributed by atoms with van der Waals surface area (Å²) in [6.07, 6.45) is 13.0. The first-order valence-electron chi connectivity index (χ1n) is 8.17. The van der Waals surface area contributed by atoms with E-state index in [2.05, 4.69) is 6.92 Å². The highest BCUT2D eigenvalue weighted by Gasteiger charge is 2.11. The lowest BCUT2D eigenvalue weighted by Gasteiger charge is -2.22. The fourth-order valence-corrected chi connectivity index (χ4v) is 3.33. The van der Waals surface area contributed by atoms with Crippen molar-refractivity contribution in [3.8, 4) is 5.75 Å². The molecule has 0 amide bonds. The number of rotatable bonds is 10. The van der Waals surface area contributed by atoms with E-state index < -0.39 is 9.24 Å². The summed E-state index contributed by atoms with van der Waals surface area (Å²) in [5.41, 5.74) is 0. The second kappa shape index (κ2) is 10.2. The number of ether oxygens (including phenoxy) is 1. The number of halogens is 1. The van der Waals surface area contributed by atoms with Gasteiger partial charge in [-0.05, 0) is 43.2 Å². The highest BCUT2D eigenvalue weighted by atomic mass is 35.7. The Hall–Kier alpha value is -0.670. The molecule has 0 atom stereocenters. The van der Waals surface area contributed by atoms with Crippen LogP contribution in [0.25, 0.3) is 0 Å². The Labute approximate surface area is 141 Å². The molecule has 0 aliphatic carbocycles. The summed E-state index contributed by atoms with van der Waals surface area (Å²) in [6.45, 7) is 2.22. The molecule has 22 heavy (non-hydrogen) atoms. The van der Waals surface area contributed by atoms with Gasteiger partial charge in [0.2, 0.25) is 0 Å². The monoisotopic (exact) mass is 344 g/mol. The van der Waals surface area contributed by atoms with E-state index in [-0.39, 0.29) is 5.97 Å². The van der Waals surface area contributed by atoms with Gasteiger partial charge >= 0.3 is 5.97 Å². The van der Waals surface area contributed by atoms with Gasteiger partial charge in [0, 0.05) is 11.3 Å². The van der Waals surface area contributed by atoms with Crippen LogP contribution in [0.1, 0.15) is 58.3 Å². The summed E-state index contributed by atoms with van der Waals surface area (Å²) in [5.74, 6) is 0.468. The standard InChI is InChI=1S/C18H29ClO2S/c1-4-5-6-7-8-9-10-11-18(20)21-16-12-14-17(15-13-16)22(2,3)19/h12-15H,4-11H2,1-3H3. The number of esters is 1. The van der Waals surface area contributed by atoms with Gasteiger partial charge in [0.15, 0.2) is 0 Å². The van der Waals surface area contributed by atoms with Gasteiger partial charge in [-0.3, -0.25) is 4.79 Å². The summed E-state index contributed by atoms with van der Waals surface area (Å²) in [7, 11) is 5.08. The average molecular weight is 345 g/mol. The summed E-state index contributed by atoms with van der Waals surface area (Å²) in [4.78, 5) is 12.9. The molecule has 0 heterocycles. The van der Waals surface area contributed by atoms with Crippen molar-refractivity contribution < 1.29 is 9.53 Å². The predicted molar refractivity (Wildman–Crippen MR) is 98.2 cm³/mol. The van der Waals surface area contributed by atoms with Crippen LogP contribution in [0.3, 0.4) is 0 Å². The first-order valence-corrected chi connectivity index (χ1v) is 11.4. The maximum Gasteiger partial charge on any atom is 0.311 e. The molecule has 0 radical (unpaired) electrons. The molecule has 0 N–H and O–H groups in total. The van der Waals surface area contributed by atoms with E-state index in [9.17, 15) is 4.79 Å². The highest BCUT2D eigenvalue weighted by molar-refractivity contribution is 8.50. The first kappa shape index (κ1) is 19.4. The van der Waals surface area contributed by atoms with Crippen LogP contribution in [0.2, 0.25) is 0 Å². The maximum absolute atomic E-state index is 11.8. The zero-order valence-corrected chi connectivity index (χ0v) is 15.6. The molecule has 0 spiro atoms. The summed E-state index contributed by atoms with van der Waals surface area (Å²) < 4.78 is 5.35. The van der Waals surface area contributed by atoms with Crippen molar-refractivity contribution in [2.24, 2.45) is 0 Å². The van der Waals surface area contributed by atoms with E-state index in [0.717, 1.165) is 17.7 Å². The smallest absolute Gasteiger partial charge is 0.311 e. The Morgan fingerprint density at radius 3 is 2.09 bits per heavy atom. The van der Waals surface area contributed by atoms with Gasteiger partial charge in [-0.1, -0.05) is 56.1 Å². The molecule has 0 bridgehead atoms. The normalized spacial score (nSPS) is 12.2. The Morgan fingerprint density at radius 2 is 1.55 bits per heavy atom. The van der Waals surface area contributed by atoms with Gasteiger partial charge in [0.05, 0.1) is 0 Å². The van der Waals surface area contributed by atoms with Crippen molar-refractivity contribution >= 4 is 25.9 Å². The van der Waals surface area contributed by atoms with Crippen molar-refractivity contribution in [1.82, 2.24) is 0 Å². The van der Waals surface area contributed by atoms with Crippen LogP contribution in [0, 0.1) is 0 Å². The minimum atomic E-state index is -1.24. The second-order valence-corrected chi connectivity index (χ2v) is 11.2. The summed E-state index contributed by atoms with van der Waals surface area (Å²) in [5, 5.41) is 0. The number of hydrogen-bond donors (Lipinski definition) is 0. The van der Waals surface area contributed by atoms with E-state index in [4.69, 9.17) is 15.4 Å². The number of carbonyl (C=O) groups is 1. The lowest BCUT2D eigenvalue weighted by molar-refractivity contribution is -0.134. The lowest BCUT2D eigenvalue weighted by atomic mass is 10.1. The molecule has 2 nitrogen and oxygen atoms in total. The van der Waals surface area contributed by atoms with Crippen LogP contribution in [0.5, 0.6) is 5.75 Å². The van der Waals surface area contributed by atoms with Crippen LogP contribution < -0.4 is 4.74 Å². The van der Waals surface area contributed by atoms with Gasteiger partial charge in [0.1, 0.15) is 5.75 Å². The van der Waals surface area contributed by atoms with Crippen LogP contribution in [-0.4, -0.2) is 18.5 Å². The lowest BCUT2D eigenvalue weighted by Crippen LogP contribution is -2.07. The molecule has 126 valence electrons. The van der Waals surface area contributed by atoms with Crippen LogP contribution in [-0.2, 0) is 4.79 Å². The average Bonchev–Trinajstić information content (AvgIpc) is 2.46. The second-order valence-electron chi connectivity index (χ2n) is 6.02. The molecule has 0 aliphatic rings. The Morgan fingerprint density at radius 1 is 1.00 bits per heavy atom. The Balaban J connectivity index is 2.22. The van der Waals surface area contributed by atoms with Crippen molar-refractivity contribution in [1.29, 1.82) is 0 Å². The van der Waals surface area contributed by atoms with Crippen molar-refractivity contribution in [2.75, 3.05) is 12.5 Å². The van der Waals surface area contributed by atoms with Gasteiger partial charge in [-0.2, -0.15) is 0 Å². The molecular formula is C18H29ClO2S. The molecule has 1 aromatic carbocycles. The molecule has 0 fully saturated rings. The third-order valence-corrected chi connectivity index (χ3v) is 5.53. The van der Waals surface area contributed by atoms with E-state index in [1.165, 1.54) is 32.1 Å². The van der Waals surface area contributed by atoms with Gasteiger partial charge in [-0.15, -0.1) is 9.24 Å². The molecule has 0 saturated carbocycles. The van der Waals surface area contributed by atoms with E-state index >= 15 is 0 Å². The van der Waals surface area contributed by atoms with Crippen molar-refractivity contribution in [3.05, 3.63) is 24.3 Å². The fourth-order valence-electron chi connectivity index (χ4n) is 2.24. The molecule has 0 aromatic heterocycles. The zero-order valence-electron chi connectivity index (χ0n) is 14.1. The van der Waals surface area contributed by atoms with Crippen molar-refractivity contribution in [3.63, 3.8) is 0 Å². The van der Waals surface area contributed by atoms with Gasteiger partial charge < -0.3 is 4.74 Å². The molecule has 0 aliphatic heterocycles. The molecule has 0 unspecified atom stereocenters. The SMILES string of the molecule is CCCCCCCCCC(=O)Oc1ccc(S(C)(C)Cl)cc1.